The van der Waals surface area contributed by atoms with E-state index >= 15 is 0 Å². The van der Waals surface area contributed by atoms with Gasteiger partial charge in [-0.05, 0) is 6.04 Å². The first-order valence-electron chi connectivity index (χ1n) is 11.1. The average molecular weight is 453 g/mol. The molecule has 1 aliphatic heterocycles. The molecule has 0 amide bonds. The summed E-state index contributed by atoms with van der Waals surface area (Å²) in [6.07, 6.45) is 0. The molecule has 4 aromatic carbocycles. The Morgan fingerprint density at radius 3 is 1.29 bits per heavy atom. The fourth-order valence-corrected chi connectivity index (χ4v) is 43.1. The van der Waals surface area contributed by atoms with E-state index in [0.717, 1.165) is 12.7 Å². The highest BCUT2D eigenvalue weighted by Crippen LogP contribution is 2.31. The van der Waals surface area contributed by atoms with Crippen molar-refractivity contribution >= 4 is 44.0 Å². The van der Waals surface area contributed by atoms with Crippen LogP contribution < -0.4 is 20.7 Å². The summed E-state index contributed by atoms with van der Waals surface area (Å²) in [5.74, 6) is 0. The van der Waals surface area contributed by atoms with Gasteiger partial charge in [-0.15, -0.1) is 0 Å². The van der Waals surface area contributed by atoms with Gasteiger partial charge in [0.2, 0.25) is 0 Å². The van der Waals surface area contributed by atoms with E-state index in [2.05, 4.69) is 128 Å². The van der Waals surface area contributed by atoms with E-state index in [0.29, 0.717) is 0 Å². The molecule has 0 N–H and O–H groups in total. The van der Waals surface area contributed by atoms with Gasteiger partial charge in [-0.25, -0.2) is 0 Å². The Labute approximate surface area is 188 Å². The van der Waals surface area contributed by atoms with Crippen LogP contribution in [0, 0.1) is 0 Å². The molecule has 0 radical (unpaired) electrons. The first-order valence-corrected chi connectivity index (χ1v) is 19.8. The fourth-order valence-electron chi connectivity index (χ4n) is 5.94. The van der Waals surface area contributed by atoms with Gasteiger partial charge in [0.15, 0.2) is 8.56 Å². The predicted octanol–water partition coefficient (Wildman–Crippen LogP) is 3.05. The highest BCUT2D eigenvalue weighted by Gasteiger charge is 2.64. The standard InChI is InChI=1S/C27H28OSi3/c1-29-28-22-23-30(24-14-6-2-7-15-24,25-16-8-3-9-17-25)31(29,26-18-10-4-11-19-26)27-20-12-5-13-21-27/h2-21,29H,22-23H2,1H3. The summed E-state index contributed by atoms with van der Waals surface area (Å²) in [5, 5.41) is 6.25. The van der Waals surface area contributed by atoms with Gasteiger partial charge in [-0.3, -0.25) is 0 Å². The molecule has 31 heavy (non-hydrogen) atoms. The van der Waals surface area contributed by atoms with E-state index in [1.165, 1.54) is 0 Å². The van der Waals surface area contributed by atoms with Crippen molar-refractivity contribution in [3.63, 3.8) is 0 Å². The maximum atomic E-state index is 6.74. The first-order chi connectivity index (χ1) is 15.3. The molecule has 0 saturated carbocycles. The summed E-state index contributed by atoms with van der Waals surface area (Å²) in [6.45, 7) is 3.37. The second-order valence-corrected chi connectivity index (χ2v) is 28.0. The Hall–Kier alpha value is -2.51. The molecule has 5 rings (SSSR count). The Morgan fingerprint density at radius 1 is 0.548 bits per heavy atom. The molecule has 1 unspecified atom stereocenters. The van der Waals surface area contributed by atoms with Crippen molar-refractivity contribution < 1.29 is 4.43 Å². The Balaban J connectivity index is 1.96. The van der Waals surface area contributed by atoms with Gasteiger partial charge in [0, 0.05) is 6.61 Å². The van der Waals surface area contributed by atoms with E-state index in [1.807, 2.05) is 0 Å². The van der Waals surface area contributed by atoms with Crippen LogP contribution in [0.25, 0.3) is 0 Å². The van der Waals surface area contributed by atoms with Gasteiger partial charge in [0.05, 0.1) is 0 Å². The second-order valence-electron chi connectivity index (χ2n) is 8.44. The topological polar surface area (TPSA) is 9.23 Å². The molecule has 1 fully saturated rings. The predicted molar refractivity (Wildman–Crippen MR) is 140 cm³/mol. The molecule has 0 bridgehead atoms. The summed E-state index contributed by atoms with van der Waals surface area (Å²) in [6, 6.07) is 47.0. The lowest BCUT2D eigenvalue weighted by atomic mass is 10.4. The SMILES string of the molecule is C[SiH]1OCC[Si](c2ccccc2)(c2ccccc2)[Si]1(c1ccccc1)c1ccccc1. The first kappa shape index (κ1) is 20.4. The normalized spacial score (nSPS) is 19.6. The zero-order valence-corrected chi connectivity index (χ0v) is 21.1. The maximum Gasteiger partial charge on any atom is 0.171 e. The van der Waals surface area contributed by atoms with Crippen LogP contribution in [0.1, 0.15) is 0 Å². The zero-order chi connectivity index (χ0) is 21.2. The molecule has 4 heteroatoms. The molecule has 1 saturated heterocycles. The van der Waals surface area contributed by atoms with Gasteiger partial charge in [-0.2, -0.15) is 0 Å². The van der Waals surface area contributed by atoms with Gasteiger partial charge in [-0.1, -0.05) is 149 Å². The minimum Gasteiger partial charge on any atom is -0.423 e. The van der Waals surface area contributed by atoms with Crippen molar-refractivity contribution in [3.8, 4) is 0 Å². The third kappa shape index (κ3) is 3.13. The lowest BCUT2D eigenvalue weighted by Crippen LogP contribution is -2.92. The van der Waals surface area contributed by atoms with Crippen molar-refractivity contribution in [2.75, 3.05) is 6.61 Å². The number of rotatable bonds is 4. The fraction of sp³-hybridized carbons (Fsp3) is 0.111. The molecule has 0 aliphatic carbocycles. The minimum absolute atomic E-state index is 0.887. The molecule has 154 valence electrons. The lowest BCUT2D eigenvalue weighted by molar-refractivity contribution is 0.352. The minimum atomic E-state index is -2.24. The van der Waals surface area contributed by atoms with E-state index in [9.17, 15) is 0 Å². The smallest absolute Gasteiger partial charge is 0.171 e. The van der Waals surface area contributed by atoms with Crippen LogP contribution in [0.3, 0.4) is 0 Å². The summed E-state index contributed by atoms with van der Waals surface area (Å²) in [5.41, 5.74) is 0. The van der Waals surface area contributed by atoms with Crippen molar-refractivity contribution in [2.24, 2.45) is 0 Å². The van der Waals surface area contributed by atoms with Crippen LogP contribution in [0.4, 0.5) is 0 Å². The van der Waals surface area contributed by atoms with Crippen LogP contribution in [0.2, 0.25) is 12.6 Å². The zero-order valence-electron chi connectivity index (χ0n) is 17.9. The van der Waals surface area contributed by atoms with E-state index < -0.39 is 23.3 Å². The Morgan fingerprint density at radius 2 is 0.903 bits per heavy atom. The van der Waals surface area contributed by atoms with Crippen LogP contribution in [0.5, 0.6) is 0 Å². The number of benzene rings is 4. The third-order valence-electron chi connectivity index (χ3n) is 7.12. The van der Waals surface area contributed by atoms with E-state index in [1.54, 1.807) is 20.7 Å². The Kier molecular flexibility index (Phi) is 5.63. The van der Waals surface area contributed by atoms with Crippen LogP contribution >= 0.6 is 0 Å². The monoisotopic (exact) mass is 452 g/mol. The molecule has 1 aliphatic rings. The summed E-state index contributed by atoms with van der Waals surface area (Å²) < 4.78 is 6.74. The quantitative estimate of drug-likeness (QED) is 0.433. The summed E-state index contributed by atoms with van der Waals surface area (Å²) >= 11 is 0. The van der Waals surface area contributed by atoms with Crippen molar-refractivity contribution in [1.29, 1.82) is 0 Å². The number of hydrogen-bond acceptors (Lipinski definition) is 1. The highest BCUT2D eigenvalue weighted by molar-refractivity contribution is 7.77. The molecule has 1 nitrogen and oxygen atoms in total. The van der Waals surface area contributed by atoms with Crippen LogP contribution in [-0.4, -0.2) is 29.9 Å². The third-order valence-corrected chi connectivity index (χ3v) is 39.0. The van der Waals surface area contributed by atoms with Gasteiger partial charge < -0.3 is 4.43 Å². The lowest BCUT2D eigenvalue weighted by Gasteiger charge is -2.54. The highest BCUT2D eigenvalue weighted by atomic mass is 29.6. The van der Waals surface area contributed by atoms with Gasteiger partial charge >= 0.3 is 0 Å². The van der Waals surface area contributed by atoms with Crippen molar-refractivity contribution in [2.45, 2.75) is 12.6 Å². The maximum absolute atomic E-state index is 6.74. The van der Waals surface area contributed by atoms with Gasteiger partial charge in [0.1, 0.15) is 14.7 Å². The summed E-state index contributed by atoms with van der Waals surface area (Å²) in [7, 11) is -5.99. The molecular weight excluding hydrogens is 425 g/mol. The van der Waals surface area contributed by atoms with E-state index in [-0.39, 0.29) is 0 Å². The molecule has 4 aromatic rings. The number of hydrogen-bond donors (Lipinski definition) is 0. The van der Waals surface area contributed by atoms with Crippen molar-refractivity contribution in [1.82, 2.24) is 0 Å². The molecule has 1 atom stereocenters. The van der Waals surface area contributed by atoms with Crippen molar-refractivity contribution in [3.05, 3.63) is 121 Å². The average Bonchev–Trinajstić information content (AvgIpc) is 2.86. The van der Waals surface area contributed by atoms with Crippen LogP contribution in [0.15, 0.2) is 121 Å². The van der Waals surface area contributed by atoms with Crippen LogP contribution in [-0.2, 0) is 4.43 Å². The van der Waals surface area contributed by atoms with E-state index in [4.69, 9.17) is 4.43 Å². The molecular formula is C27H28OSi3. The summed E-state index contributed by atoms with van der Waals surface area (Å²) in [4.78, 5) is 0. The second kappa shape index (κ2) is 8.55. The molecule has 0 aromatic heterocycles. The molecule has 1 heterocycles. The van der Waals surface area contributed by atoms with Gasteiger partial charge in [0.25, 0.3) is 0 Å². The largest absolute Gasteiger partial charge is 0.423 e. The molecule has 0 spiro atoms. The Bertz CT molecular complexity index is 1040.